The first-order valence-electron chi connectivity index (χ1n) is 7.13. The van der Waals surface area contributed by atoms with Crippen LogP contribution in [-0.2, 0) is 6.42 Å². The number of benzene rings is 1. The van der Waals surface area contributed by atoms with E-state index in [2.05, 4.69) is 33.0 Å². The molecule has 0 spiro atoms. The van der Waals surface area contributed by atoms with Gasteiger partial charge in [0.15, 0.2) is 11.6 Å². The van der Waals surface area contributed by atoms with Gasteiger partial charge in [0.1, 0.15) is 0 Å². The summed E-state index contributed by atoms with van der Waals surface area (Å²) in [7, 11) is 0. The number of rotatable bonds is 7. The predicted octanol–water partition coefficient (Wildman–Crippen LogP) is 4.17. The van der Waals surface area contributed by atoms with Gasteiger partial charge in [-0.1, -0.05) is 26.8 Å². The van der Waals surface area contributed by atoms with Crippen LogP contribution in [0.2, 0.25) is 0 Å². The molecule has 1 rings (SSSR count). The molecule has 2 unspecified atom stereocenters. The molecule has 0 saturated heterocycles. The third-order valence-corrected chi connectivity index (χ3v) is 3.67. The Morgan fingerprint density at radius 3 is 2.32 bits per heavy atom. The lowest BCUT2D eigenvalue weighted by Crippen LogP contribution is -2.37. The maximum atomic E-state index is 13.2. The third kappa shape index (κ3) is 4.90. The van der Waals surface area contributed by atoms with Crippen molar-refractivity contribution >= 4 is 0 Å². The zero-order valence-electron chi connectivity index (χ0n) is 12.3. The van der Waals surface area contributed by atoms with Gasteiger partial charge in [0.25, 0.3) is 0 Å². The first kappa shape index (κ1) is 16.1. The fourth-order valence-corrected chi connectivity index (χ4v) is 2.45. The van der Waals surface area contributed by atoms with E-state index in [1.165, 1.54) is 12.1 Å². The van der Waals surface area contributed by atoms with E-state index in [4.69, 9.17) is 0 Å². The highest BCUT2D eigenvalue weighted by Crippen LogP contribution is 2.22. The van der Waals surface area contributed by atoms with Crippen LogP contribution in [0.25, 0.3) is 0 Å². The summed E-state index contributed by atoms with van der Waals surface area (Å²) in [6.07, 6.45) is 1.87. The number of hydrogen-bond donors (Lipinski definition) is 1. The van der Waals surface area contributed by atoms with Crippen molar-refractivity contribution in [2.75, 3.05) is 6.54 Å². The molecule has 1 nitrogen and oxygen atoms in total. The smallest absolute Gasteiger partial charge is 0.159 e. The summed E-state index contributed by atoms with van der Waals surface area (Å²) in [6, 6.07) is 4.58. The SMILES string of the molecule is CCCNC(C)C(Cc1ccc(F)c(F)c1)C(C)C. The van der Waals surface area contributed by atoms with Crippen molar-refractivity contribution in [2.45, 2.75) is 46.6 Å². The van der Waals surface area contributed by atoms with Crippen LogP contribution < -0.4 is 5.32 Å². The van der Waals surface area contributed by atoms with Crippen LogP contribution in [0.15, 0.2) is 18.2 Å². The average Bonchev–Trinajstić information content (AvgIpc) is 2.36. The molecule has 108 valence electrons. The molecule has 0 bridgehead atoms. The molecule has 1 aromatic carbocycles. The van der Waals surface area contributed by atoms with Gasteiger partial charge in [-0.2, -0.15) is 0 Å². The molecule has 0 radical (unpaired) electrons. The second kappa shape index (κ2) is 7.59. The van der Waals surface area contributed by atoms with Crippen molar-refractivity contribution in [3.05, 3.63) is 35.4 Å². The molecule has 1 aromatic rings. The molecule has 3 heteroatoms. The molecule has 0 aromatic heterocycles. The third-order valence-electron chi connectivity index (χ3n) is 3.67. The van der Waals surface area contributed by atoms with Gasteiger partial charge in [0.05, 0.1) is 0 Å². The Bertz CT molecular complexity index is 390. The van der Waals surface area contributed by atoms with Crippen LogP contribution in [0.5, 0.6) is 0 Å². The zero-order chi connectivity index (χ0) is 14.4. The molecule has 0 heterocycles. The minimum atomic E-state index is -0.776. The van der Waals surface area contributed by atoms with Gasteiger partial charge in [-0.25, -0.2) is 8.78 Å². The maximum absolute atomic E-state index is 13.2. The van der Waals surface area contributed by atoms with Crippen LogP contribution in [0.1, 0.15) is 39.7 Å². The molecule has 1 N–H and O–H groups in total. The second-order valence-corrected chi connectivity index (χ2v) is 5.60. The lowest BCUT2D eigenvalue weighted by Gasteiger charge is -2.28. The second-order valence-electron chi connectivity index (χ2n) is 5.60. The lowest BCUT2D eigenvalue weighted by molar-refractivity contribution is 0.288. The van der Waals surface area contributed by atoms with Crippen LogP contribution >= 0.6 is 0 Å². The van der Waals surface area contributed by atoms with E-state index >= 15 is 0 Å². The Morgan fingerprint density at radius 2 is 1.79 bits per heavy atom. The summed E-state index contributed by atoms with van der Waals surface area (Å²) < 4.78 is 26.2. The normalized spacial score (nSPS) is 14.7. The molecule has 2 atom stereocenters. The van der Waals surface area contributed by atoms with E-state index < -0.39 is 11.6 Å². The molecule has 19 heavy (non-hydrogen) atoms. The summed E-state index contributed by atoms with van der Waals surface area (Å²) >= 11 is 0. The Labute approximate surface area is 115 Å². The minimum absolute atomic E-state index is 0.369. The van der Waals surface area contributed by atoms with Crippen LogP contribution in [0.3, 0.4) is 0 Å². The van der Waals surface area contributed by atoms with E-state index in [9.17, 15) is 8.78 Å². The highest BCUT2D eigenvalue weighted by Gasteiger charge is 2.21. The summed E-state index contributed by atoms with van der Waals surface area (Å²) in [5, 5.41) is 3.49. The first-order chi connectivity index (χ1) is 8.95. The van der Waals surface area contributed by atoms with Crippen molar-refractivity contribution < 1.29 is 8.78 Å². The summed E-state index contributed by atoms with van der Waals surface area (Å²) in [5.41, 5.74) is 0.864. The van der Waals surface area contributed by atoms with E-state index in [1.54, 1.807) is 6.07 Å². The minimum Gasteiger partial charge on any atom is -0.314 e. The standard InChI is InChI=1S/C16H25F2N/c1-5-8-19-12(4)14(11(2)3)9-13-6-7-15(17)16(18)10-13/h6-7,10-12,14,19H,5,8-9H2,1-4H3. The zero-order valence-corrected chi connectivity index (χ0v) is 12.3. The van der Waals surface area contributed by atoms with Crippen LogP contribution in [0, 0.1) is 23.5 Å². The number of halogens is 2. The predicted molar refractivity (Wildman–Crippen MR) is 76.1 cm³/mol. The Kier molecular flexibility index (Phi) is 6.43. The van der Waals surface area contributed by atoms with Crippen molar-refractivity contribution in [3.8, 4) is 0 Å². The van der Waals surface area contributed by atoms with Crippen molar-refractivity contribution in [3.63, 3.8) is 0 Å². The van der Waals surface area contributed by atoms with E-state index in [0.717, 1.165) is 24.9 Å². The van der Waals surface area contributed by atoms with E-state index in [-0.39, 0.29) is 0 Å². The fraction of sp³-hybridized carbons (Fsp3) is 0.625. The van der Waals surface area contributed by atoms with Crippen molar-refractivity contribution in [2.24, 2.45) is 11.8 Å². The van der Waals surface area contributed by atoms with E-state index in [1.807, 2.05) is 0 Å². The van der Waals surface area contributed by atoms with Gasteiger partial charge in [0.2, 0.25) is 0 Å². The highest BCUT2D eigenvalue weighted by molar-refractivity contribution is 5.18. The molecular formula is C16H25F2N. The molecule has 0 saturated carbocycles. The average molecular weight is 269 g/mol. The fourth-order valence-electron chi connectivity index (χ4n) is 2.45. The molecule has 0 fully saturated rings. The Balaban J connectivity index is 2.74. The topological polar surface area (TPSA) is 12.0 Å². The van der Waals surface area contributed by atoms with Gasteiger partial charge in [0, 0.05) is 6.04 Å². The largest absolute Gasteiger partial charge is 0.314 e. The maximum Gasteiger partial charge on any atom is 0.159 e. The van der Waals surface area contributed by atoms with Gasteiger partial charge in [-0.15, -0.1) is 0 Å². The molecule has 0 amide bonds. The van der Waals surface area contributed by atoms with Gasteiger partial charge in [-0.3, -0.25) is 0 Å². The van der Waals surface area contributed by atoms with Gasteiger partial charge in [-0.05, 0) is 55.8 Å². The quantitative estimate of drug-likeness (QED) is 0.783. The van der Waals surface area contributed by atoms with Crippen LogP contribution in [0.4, 0.5) is 8.78 Å². The molecule has 0 aliphatic carbocycles. The first-order valence-corrected chi connectivity index (χ1v) is 7.13. The van der Waals surface area contributed by atoms with Gasteiger partial charge < -0.3 is 5.32 Å². The van der Waals surface area contributed by atoms with Crippen LogP contribution in [-0.4, -0.2) is 12.6 Å². The van der Waals surface area contributed by atoms with E-state index in [0.29, 0.717) is 17.9 Å². The molecule has 0 aliphatic heterocycles. The van der Waals surface area contributed by atoms with Gasteiger partial charge >= 0.3 is 0 Å². The van der Waals surface area contributed by atoms with Crippen molar-refractivity contribution in [1.82, 2.24) is 5.32 Å². The monoisotopic (exact) mass is 269 g/mol. The Hall–Kier alpha value is -0.960. The molecule has 0 aliphatic rings. The lowest BCUT2D eigenvalue weighted by atomic mass is 9.84. The Morgan fingerprint density at radius 1 is 1.11 bits per heavy atom. The number of hydrogen-bond acceptors (Lipinski definition) is 1. The molecular weight excluding hydrogens is 244 g/mol. The summed E-state index contributed by atoms with van der Waals surface area (Å²) in [5.74, 6) is -0.625. The summed E-state index contributed by atoms with van der Waals surface area (Å²) in [4.78, 5) is 0. The summed E-state index contributed by atoms with van der Waals surface area (Å²) in [6.45, 7) is 9.64. The van der Waals surface area contributed by atoms with Crippen molar-refractivity contribution in [1.29, 1.82) is 0 Å². The highest BCUT2D eigenvalue weighted by atomic mass is 19.2. The number of nitrogens with one attached hydrogen (secondary N) is 1.